The normalized spacial score (nSPS) is 11.2. The average Bonchev–Trinajstić information content (AvgIpc) is 3.37. The van der Waals surface area contributed by atoms with E-state index < -0.39 is 0 Å². The van der Waals surface area contributed by atoms with Crippen LogP contribution in [0.3, 0.4) is 0 Å². The molecular weight excluding hydrogens is 757 g/mol. The number of fused-ring (bicyclic) bond motifs is 3. The highest BCUT2D eigenvalue weighted by Crippen LogP contribution is 2.47. The molecule has 0 bridgehead atoms. The molecule has 6 nitrogen and oxygen atoms in total. The molecule has 0 atom stereocenters. The van der Waals surface area contributed by atoms with Gasteiger partial charge in [-0.2, -0.15) is 0 Å². The summed E-state index contributed by atoms with van der Waals surface area (Å²) in [6.45, 7) is 0. The predicted molar refractivity (Wildman–Crippen MR) is 252 cm³/mol. The van der Waals surface area contributed by atoms with Crippen molar-refractivity contribution in [2.75, 3.05) is 0 Å². The summed E-state index contributed by atoms with van der Waals surface area (Å²) in [6, 6.07) is 74.8. The van der Waals surface area contributed by atoms with Crippen LogP contribution >= 0.6 is 0 Å². The summed E-state index contributed by atoms with van der Waals surface area (Å²) in [5.41, 5.74) is 9.88. The van der Waals surface area contributed by atoms with E-state index >= 15 is 0 Å². The Labute approximate surface area is 359 Å². The van der Waals surface area contributed by atoms with Gasteiger partial charge < -0.3 is 0 Å². The first-order valence-electron chi connectivity index (χ1n) is 20.6. The monoisotopic (exact) mass is 792 g/mol. The van der Waals surface area contributed by atoms with Crippen LogP contribution in [0.2, 0.25) is 0 Å². The lowest BCUT2D eigenvalue weighted by Gasteiger charge is -2.20. The highest BCUT2D eigenvalue weighted by atomic mass is 15.0. The largest absolute Gasteiger partial charge is 0.208 e. The molecule has 9 aromatic carbocycles. The van der Waals surface area contributed by atoms with Gasteiger partial charge in [0.2, 0.25) is 0 Å². The molecular formula is C56H36N6. The Bertz CT molecular complexity index is 3260. The zero-order chi connectivity index (χ0) is 41.2. The van der Waals surface area contributed by atoms with Crippen LogP contribution in [0.25, 0.3) is 112 Å². The van der Waals surface area contributed by atoms with Crippen molar-refractivity contribution in [3.63, 3.8) is 0 Å². The van der Waals surface area contributed by atoms with Crippen molar-refractivity contribution in [3.05, 3.63) is 218 Å². The lowest BCUT2D eigenvalue weighted by molar-refractivity contribution is 1.07. The number of aromatic nitrogens is 6. The third-order valence-corrected chi connectivity index (χ3v) is 11.2. The van der Waals surface area contributed by atoms with Gasteiger partial charge in [0, 0.05) is 38.8 Å². The van der Waals surface area contributed by atoms with Gasteiger partial charge in [-0.3, -0.25) is 0 Å². The van der Waals surface area contributed by atoms with Crippen molar-refractivity contribution >= 4 is 21.5 Å². The van der Waals surface area contributed by atoms with E-state index in [-0.39, 0.29) is 0 Å². The lowest BCUT2D eigenvalue weighted by atomic mass is 9.83. The first kappa shape index (κ1) is 36.6. The standard InChI is InChI=1S/C56H36N6/c1-6-20-37(21-7-1)48-44-32-16-17-33-45(44)50-46(34-19-35-47(50)56-61-53(40-26-12-4-13-27-40)58-54(62-56)41-28-14-5-15-29-41)49(48)42-30-18-31-43(36-42)55-59-51(38-22-8-2-9-23-38)57-52(60-55)39-24-10-3-11-25-39/h1-36H. The van der Waals surface area contributed by atoms with Crippen molar-refractivity contribution in [1.82, 2.24) is 29.9 Å². The molecule has 0 aliphatic rings. The SMILES string of the molecule is c1ccc(-c2nc(-c3ccccc3)nc(-c3cccc(-c4c(-c5ccccc5)c5ccccc5c5c(-c6nc(-c7ccccc7)nc(-c7ccccc7)n6)cccc45)c3)n2)cc1. The Morgan fingerprint density at radius 2 is 0.532 bits per heavy atom. The molecule has 0 amide bonds. The van der Waals surface area contributed by atoms with Gasteiger partial charge in [-0.1, -0.05) is 212 Å². The second-order valence-corrected chi connectivity index (χ2v) is 15.0. The smallest absolute Gasteiger partial charge is 0.164 e. The summed E-state index contributed by atoms with van der Waals surface area (Å²) >= 11 is 0. The molecule has 0 fully saturated rings. The Morgan fingerprint density at radius 1 is 0.210 bits per heavy atom. The minimum absolute atomic E-state index is 0.596. The van der Waals surface area contributed by atoms with Crippen molar-refractivity contribution in [2.45, 2.75) is 0 Å². The summed E-state index contributed by atoms with van der Waals surface area (Å²) < 4.78 is 0. The molecule has 11 aromatic rings. The zero-order valence-corrected chi connectivity index (χ0v) is 33.5. The van der Waals surface area contributed by atoms with Crippen molar-refractivity contribution in [2.24, 2.45) is 0 Å². The van der Waals surface area contributed by atoms with Crippen LogP contribution in [0.4, 0.5) is 0 Å². The van der Waals surface area contributed by atoms with Gasteiger partial charge in [0.15, 0.2) is 34.9 Å². The number of nitrogens with zero attached hydrogens (tertiary/aromatic N) is 6. The van der Waals surface area contributed by atoms with Crippen LogP contribution in [-0.2, 0) is 0 Å². The van der Waals surface area contributed by atoms with E-state index in [1.54, 1.807) is 0 Å². The van der Waals surface area contributed by atoms with Gasteiger partial charge in [-0.15, -0.1) is 0 Å². The Morgan fingerprint density at radius 3 is 1.02 bits per heavy atom. The van der Waals surface area contributed by atoms with E-state index in [9.17, 15) is 0 Å². The highest BCUT2D eigenvalue weighted by Gasteiger charge is 2.23. The Hall–Kier alpha value is -8.48. The van der Waals surface area contributed by atoms with Crippen LogP contribution in [-0.4, -0.2) is 29.9 Å². The fraction of sp³-hybridized carbons (Fsp3) is 0. The summed E-state index contributed by atoms with van der Waals surface area (Å²) in [6.07, 6.45) is 0. The van der Waals surface area contributed by atoms with Crippen LogP contribution < -0.4 is 0 Å². The number of benzene rings is 9. The summed E-state index contributed by atoms with van der Waals surface area (Å²) in [7, 11) is 0. The fourth-order valence-corrected chi connectivity index (χ4v) is 8.31. The molecule has 0 N–H and O–H groups in total. The number of rotatable bonds is 8. The van der Waals surface area contributed by atoms with Crippen molar-refractivity contribution in [1.29, 1.82) is 0 Å². The molecule has 0 radical (unpaired) electrons. The first-order valence-corrected chi connectivity index (χ1v) is 20.6. The lowest BCUT2D eigenvalue weighted by Crippen LogP contribution is -2.01. The van der Waals surface area contributed by atoms with Gasteiger partial charge in [-0.05, 0) is 44.5 Å². The maximum absolute atomic E-state index is 5.21. The van der Waals surface area contributed by atoms with Gasteiger partial charge >= 0.3 is 0 Å². The van der Waals surface area contributed by atoms with E-state index in [1.165, 1.54) is 0 Å². The second-order valence-electron chi connectivity index (χ2n) is 15.0. The van der Waals surface area contributed by atoms with E-state index in [0.717, 1.165) is 77.2 Å². The molecule has 11 rings (SSSR count). The molecule has 2 aromatic heterocycles. The van der Waals surface area contributed by atoms with Gasteiger partial charge in [0.1, 0.15) is 0 Å². The summed E-state index contributed by atoms with van der Waals surface area (Å²) in [5.74, 6) is 3.67. The first-order chi connectivity index (χ1) is 30.7. The highest BCUT2D eigenvalue weighted by molar-refractivity contribution is 6.25. The van der Waals surface area contributed by atoms with Gasteiger partial charge in [0.05, 0.1) is 0 Å². The second kappa shape index (κ2) is 15.9. The Kier molecular flexibility index (Phi) is 9.41. The van der Waals surface area contributed by atoms with E-state index in [4.69, 9.17) is 29.9 Å². The van der Waals surface area contributed by atoms with Crippen molar-refractivity contribution < 1.29 is 0 Å². The molecule has 0 aliphatic carbocycles. The summed E-state index contributed by atoms with van der Waals surface area (Å²) in [4.78, 5) is 30.6. The number of hydrogen-bond acceptors (Lipinski definition) is 6. The Balaban J connectivity index is 1.19. The van der Waals surface area contributed by atoms with Gasteiger partial charge in [0.25, 0.3) is 0 Å². The molecule has 0 unspecified atom stereocenters. The molecule has 0 saturated carbocycles. The van der Waals surface area contributed by atoms with Gasteiger partial charge in [-0.25, -0.2) is 29.9 Å². The summed E-state index contributed by atoms with van der Waals surface area (Å²) in [5, 5.41) is 4.37. The molecule has 290 valence electrons. The van der Waals surface area contributed by atoms with Crippen LogP contribution in [0.1, 0.15) is 0 Å². The van der Waals surface area contributed by atoms with E-state index in [1.807, 2.05) is 121 Å². The zero-order valence-electron chi connectivity index (χ0n) is 33.5. The molecule has 0 spiro atoms. The molecule has 0 aliphatic heterocycles. The molecule has 62 heavy (non-hydrogen) atoms. The van der Waals surface area contributed by atoms with E-state index in [2.05, 4.69) is 97.1 Å². The third kappa shape index (κ3) is 6.85. The molecule has 0 saturated heterocycles. The maximum Gasteiger partial charge on any atom is 0.164 e. The third-order valence-electron chi connectivity index (χ3n) is 11.2. The topological polar surface area (TPSA) is 77.3 Å². The van der Waals surface area contributed by atoms with E-state index in [0.29, 0.717) is 34.9 Å². The van der Waals surface area contributed by atoms with Crippen LogP contribution in [0.5, 0.6) is 0 Å². The maximum atomic E-state index is 5.21. The minimum Gasteiger partial charge on any atom is -0.208 e. The molecule has 2 heterocycles. The quantitative estimate of drug-likeness (QED) is 0.143. The van der Waals surface area contributed by atoms with Crippen molar-refractivity contribution in [3.8, 4) is 90.6 Å². The predicted octanol–water partition coefficient (Wildman–Crippen LogP) is 13.7. The fourth-order valence-electron chi connectivity index (χ4n) is 8.31. The van der Waals surface area contributed by atoms with Crippen LogP contribution in [0, 0.1) is 0 Å². The van der Waals surface area contributed by atoms with Crippen LogP contribution in [0.15, 0.2) is 218 Å². The average molecular weight is 793 g/mol. The minimum atomic E-state index is 0.596. The number of hydrogen-bond donors (Lipinski definition) is 0. The molecule has 6 heteroatoms.